The van der Waals surface area contributed by atoms with Crippen LogP contribution in [0.25, 0.3) is 0 Å². The van der Waals surface area contributed by atoms with Crippen LogP contribution in [-0.4, -0.2) is 143 Å². The monoisotopic (exact) mass is 466 g/mol. The Balaban J connectivity index is 0. The average molecular weight is 464 g/mol. The second kappa shape index (κ2) is 22.5. The van der Waals surface area contributed by atoms with E-state index in [2.05, 4.69) is 0 Å². The first-order valence-electron chi connectivity index (χ1n) is 0. The van der Waals surface area contributed by atoms with E-state index in [-0.39, 0.29) is 187 Å². The van der Waals surface area contributed by atoms with Crippen molar-refractivity contribution >= 4 is 143 Å². The molecule has 0 aromatic carbocycles. The molecule has 5 heavy (non-hydrogen) atoms. The summed E-state index contributed by atoms with van der Waals surface area (Å²) in [7, 11) is 0. The summed E-state index contributed by atoms with van der Waals surface area (Å²) in [6.07, 6.45) is 0. The first-order valence-corrected chi connectivity index (χ1v) is 0. The molecule has 5 heteroatoms. The van der Waals surface area contributed by atoms with Crippen LogP contribution in [0.3, 0.4) is 0 Å². The van der Waals surface area contributed by atoms with Gasteiger partial charge >= 0.3 is 143 Å². The van der Waals surface area contributed by atoms with E-state index in [4.69, 9.17) is 0 Å². The molecule has 0 aromatic rings. The van der Waals surface area contributed by atoms with Gasteiger partial charge in [-0.2, -0.15) is 0 Å². The van der Waals surface area contributed by atoms with Crippen LogP contribution in [0.5, 0.6) is 0 Å². The normalized spacial score (nSPS) is 0. The zero-order valence-electron chi connectivity index (χ0n) is 1.00. The van der Waals surface area contributed by atoms with E-state index in [9.17, 15) is 0 Å². The summed E-state index contributed by atoms with van der Waals surface area (Å²) in [5.74, 6) is 0. The summed E-state index contributed by atoms with van der Waals surface area (Å²) < 4.78 is 0. The molecule has 0 fully saturated rings. The predicted octanol–water partition coefficient (Wildman–Crippen LogP) is -2.75. The van der Waals surface area contributed by atoms with E-state index in [1.807, 2.05) is 0 Å². The van der Waals surface area contributed by atoms with Gasteiger partial charge in [0.25, 0.3) is 0 Å². The first-order chi connectivity index (χ1) is 0. The Morgan fingerprint density at radius 3 is 0.600 bits per heavy atom. The summed E-state index contributed by atoms with van der Waals surface area (Å²) in [6, 6.07) is 0. The maximum absolute atomic E-state index is 0. The summed E-state index contributed by atoms with van der Waals surface area (Å²) in [5, 5.41) is 0. The Kier molecular flexibility index (Phi) is 137. The van der Waals surface area contributed by atoms with E-state index in [1.54, 1.807) is 0 Å². The second-order valence-electron chi connectivity index (χ2n) is 0. The van der Waals surface area contributed by atoms with Crippen LogP contribution >= 0.6 is 0 Å². The van der Waals surface area contributed by atoms with Gasteiger partial charge in [-0.3, -0.25) is 0 Å². The molecule has 0 nitrogen and oxygen atoms in total. The van der Waals surface area contributed by atoms with Crippen molar-refractivity contribution in [3.63, 3.8) is 0 Å². The summed E-state index contributed by atoms with van der Waals surface area (Å²) in [5.41, 5.74) is 0. The van der Waals surface area contributed by atoms with Crippen molar-refractivity contribution in [1.29, 1.82) is 0 Å². The molecule has 20 valence electrons. The minimum Gasteiger partial charge on any atom is 0 e. The van der Waals surface area contributed by atoms with Crippen molar-refractivity contribution in [2.75, 3.05) is 0 Å². The van der Waals surface area contributed by atoms with Crippen molar-refractivity contribution in [2.24, 2.45) is 0 Å². The van der Waals surface area contributed by atoms with E-state index in [1.165, 1.54) is 0 Å². The van der Waals surface area contributed by atoms with Crippen LogP contribution in [0.4, 0.5) is 0 Å². The summed E-state index contributed by atoms with van der Waals surface area (Å²) >= 11 is 0. The molecular formula is H6Ba2SrTi2. The largest absolute Gasteiger partial charge is 0 e. The molecule has 0 aliphatic rings. The van der Waals surface area contributed by atoms with Gasteiger partial charge in [0.2, 0.25) is 0 Å². The molecule has 0 N–H and O–H groups in total. The van der Waals surface area contributed by atoms with Crippen molar-refractivity contribution < 1.29 is 43.4 Å². The van der Waals surface area contributed by atoms with Crippen molar-refractivity contribution in [2.45, 2.75) is 0 Å². The Morgan fingerprint density at radius 1 is 0.600 bits per heavy atom. The van der Waals surface area contributed by atoms with Gasteiger partial charge in [-0.25, -0.2) is 0 Å². The van der Waals surface area contributed by atoms with Crippen LogP contribution in [0.15, 0.2) is 0 Å². The first kappa shape index (κ1) is 30.5. The van der Waals surface area contributed by atoms with Gasteiger partial charge in [0.15, 0.2) is 0 Å². The van der Waals surface area contributed by atoms with Gasteiger partial charge in [-0.1, -0.05) is 0 Å². The molecule has 0 aliphatic heterocycles. The second-order valence-corrected chi connectivity index (χ2v) is 0. The molecular weight excluding hydrogens is 458 g/mol. The topological polar surface area (TPSA) is 0 Å². The molecule has 0 aromatic heterocycles. The van der Waals surface area contributed by atoms with Crippen LogP contribution in [0.2, 0.25) is 0 Å². The van der Waals surface area contributed by atoms with Crippen LogP contribution in [0.1, 0.15) is 0 Å². The molecule has 0 heterocycles. The fourth-order valence-corrected chi connectivity index (χ4v) is 0. The third-order valence-corrected chi connectivity index (χ3v) is 0. The summed E-state index contributed by atoms with van der Waals surface area (Å²) in [6.45, 7) is 0. The van der Waals surface area contributed by atoms with Crippen LogP contribution < -0.4 is 0 Å². The molecule has 0 radical (unpaired) electrons. The van der Waals surface area contributed by atoms with E-state index in [0.29, 0.717) is 0 Å². The average Bonchev–Trinajstić information content (AvgIpc) is 0. The Hall–Kier alpha value is 6.05. The molecule has 0 atom stereocenters. The molecule has 0 saturated carbocycles. The van der Waals surface area contributed by atoms with Gasteiger partial charge in [-0.05, 0) is 0 Å². The van der Waals surface area contributed by atoms with Gasteiger partial charge in [-0.15, -0.1) is 0 Å². The quantitative estimate of drug-likeness (QED) is 0.342. The smallest absolute Gasteiger partial charge is 0 e. The van der Waals surface area contributed by atoms with Crippen molar-refractivity contribution in [3.05, 3.63) is 0 Å². The van der Waals surface area contributed by atoms with Crippen molar-refractivity contribution in [1.82, 2.24) is 0 Å². The third kappa shape index (κ3) is 17.8. The summed E-state index contributed by atoms with van der Waals surface area (Å²) in [4.78, 5) is 0. The molecule has 0 spiro atoms. The van der Waals surface area contributed by atoms with Crippen LogP contribution in [-0.2, 0) is 43.4 Å². The van der Waals surface area contributed by atoms with Crippen LogP contribution in [0, 0.1) is 0 Å². The molecule has 0 bridgehead atoms. The van der Waals surface area contributed by atoms with Gasteiger partial charge < -0.3 is 0 Å². The number of rotatable bonds is 0. The maximum Gasteiger partial charge on any atom is 0 e. The Labute approximate surface area is 180 Å². The van der Waals surface area contributed by atoms with Crippen molar-refractivity contribution in [3.8, 4) is 0 Å². The maximum atomic E-state index is 0. The number of hydrogen-bond donors (Lipinski definition) is 0. The molecule has 0 unspecified atom stereocenters. The minimum absolute atomic E-state index is 0. The zero-order chi connectivity index (χ0) is 0. The van der Waals surface area contributed by atoms with E-state index in [0.717, 1.165) is 0 Å². The van der Waals surface area contributed by atoms with Gasteiger partial charge in [0.1, 0.15) is 0 Å². The van der Waals surface area contributed by atoms with E-state index >= 15 is 0 Å². The molecule has 0 aliphatic carbocycles. The fourth-order valence-electron chi connectivity index (χ4n) is 0. The third-order valence-electron chi connectivity index (χ3n) is 0. The minimum atomic E-state index is 0. The van der Waals surface area contributed by atoms with Gasteiger partial charge in [0.05, 0.1) is 0 Å². The zero-order valence-corrected chi connectivity index (χ0v) is 4.12. The molecule has 0 rings (SSSR count). The molecule has 0 amide bonds. The van der Waals surface area contributed by atoms with E-state index < -0.39 is 0 Å². The number of hydrogen-bond acceptors (Lipinski definition) is 0. The fraction of sp³-hybridized carbons (Fsp3) is 0. The van der Waals surface area contributed by atoms with Gasteiger partial charge in [0, 0.05) is 43.4 Å². The predicted molar refractivity (Wildman–Crippen MR) is 25.6 cm³/mol. The standard InChI is InChI=1S/2Ba.Sr.2Ti.6H. The SMILES string of the molecule is [BaH2].[BaH2].[SrH2].[Ti].[Ti]. The molecule has 0 saturated heterocycles. The Bertz CT molecular complexity index is 7.61. The Morgan fingerprint density at radius 2 is 0.600 bits per heavy atom.